The van der Waals surface area contributed by atoms with Crippen molar-refractivity contribution in [2.45, 2.75) is 18.2 Å². The summed E-state index contributed by atoms with van der Waals surface area (Å²) in [4.78, 5) is 4.52. The zero-order chi connectivity index (χ0) is 22.3. The van der Waals surface area contributed by atoms with Gasteiger partial charge in [0.15, 0.2) is 0 Å². The summed E-state index contributed by atoms with van der Waals surface area (Å²) in [5, 5.41) is 1.94. The molecule has 10 heteroatoms. The SMILES string of the molecule is Cc1cc(S(=O)(=O)Nc2cc(Cl)c(Cc3nc4ccccc4s3)c(Cl)c2)c(Cl)cc1Cl. The average molecular weight is 532 g/mol. The van der Waals surface area contributed by atoms with Crippen LogP contribution in [-0.4, -0.2) is 13.4 Å². The number of hydrogen-bond donors (Lipinski definition) is 1. The first-order valence-electron chi connectivity index (χ1n) is 8.95. The molecule has 0 bridgehead atoms. The molecule has 4 aromatic rings. The van der Waals surface area contributed by atoms with Gasteiger partial charge in [-0.3, -0.25) is 4.72 Å². The molecule has 4 nitrogen and oxygen atoms in total. The van der Waals surface area contributed by atoms with Crippen molar-refractivity contribution < 1.29 is 8.42 Å². The Morgan fingerprint density at radius 2 is 1.61 bits per heavy atom. The Kier molecular flexibility index (Phi) is 6.41. The number of sulfonamides is 1. The van der Waals surface area contributed by atoms with Gasteiger partial charge in [-0.2, -0.15) is 0 Å². The summed E-state index contributed by atoms with van der Waals surface area (Å²) in [5.41, 5.74) is 2.40. The van der Waals surface area contributed by atoms with E-state index in [4.69, 9.17) is 46.4 Å². The van der Waals surface area contributed by atoms with Crippen molar-refractivity contribution in [2.24, 2.45) is 0 Å². The number of halogens is 4. The minimum atomic E-state index is -3.97. The van der Waals surface area contributed by atoms with E-state index in [1.807, 2.05) is 24.3 Å². The van der Waals surface area contributed by atoms with Gasteiger partial charge >= 0.3 is 0 Å². The summed E-state index contributed by atoms with van der Waals surface area (Å²) in [7, 11) is -3.97. The van der Waals surface area contributed by atoms with Crippen molar-refractivity contribution in [1.82, 2.24) is 4.98 Å². The lowest BCUT2D eigenvalue weighted by Gasteiger charge is -2.13. The summed E-state index contributed by atoms with van der Waals surface area (Å²) in [6.07, 6.45) is 0.437. The normalized spacial score (nSPS) is 11.8. The molecule has 0 fully saturated rings. The minimum Gasteiger partial charge on any atom is -0.279 e. The number of rotatable bonds is 5. The highest BCUT2D eigenvalue weighted by Gasteiger charge is 2.21. The van der Waals surface area contributed by atoms with Crippen LogP contribution in [0.1, 0.15) is 16.1 Å². The lowest BCUT2D eigenvalue weighted by atomic mass is 10.1. The fraction of sp³-hybridized carbons (Fsp3) is 0.0952. The Morgan fingerprint density at radius 3 is 2.29 bits per heavy atom. The topological polar surface area (TPSA) is 59.1 Å². The van der Waals surface area contributed by atoms with Crippen molar-refractivity contribution in [2.75, 3.05) is 4.72 Å². The molecular weight excluding hydrogens is 518 g/mol. The fourth-order valence-electron chi connectivity index (χ4n) is 3.02. The average Bonchev–Trinajstić information content (AvgIpc) is 3.10. The van der Waals surface area contributed by atoms with Crippen LogP contribution in [0.4, 0.5) is 5.69 Å². The second-order valence-corrected chi connectivity index (χ2v) is 11.2. The van der Waals surface area contributed by atoms with Crippen molar-refractivity contribution in [3.8, 4) is 0 Å². The third kappa shape index (κ3) is 4.80. The Hall–Kier alpha value is -1.54. The van der Waals surface area contributed by atoms with Gasteiger partial charge in [0, 0.05) is 21.5 Å². The summed E-state index contributed by atoms with van der Waals surface area (Å²) >= 11 is 26.6. The first-order valence-corrected chi connectivity index (χ1v) is 12.8. The second-order valence-electron chi connectivity index (χ2n) is 6.81. The molecule has 0 saturated heterocycles. The fourth-order valence-corrected chi connectivity index (χ4v) is 6.50. The number of nitrogens with one attached hydrogen (secondary N) is 1. The molecule has 0 amide bonds. The molecule has 0 radical (unpaired) electrons. The van der Waals surface area contributed by atoms with E-state index < -0.39 is 10.0 Å². The summed E-state index contributed by atoms with van der Waals surface area (Å²) < 4.78 is 29.3. The van der Waals surface area contributed by atoms with Crippen molar-refractivity contribution in [1.29, 1.82) is 0 Å². The molecule has 0 saturated carbocycles. The quantitative estimate of drug-likeness (QED) is 0.288. The molecule has 1 aromatic heterocycles. The zero-order valence-corrected chi connectivity index (χ0v) is 20.6. The molecule has 1 N–H and O–H groups in total. The van der Waals surface area contributed by atoms with E-state index in [9.17, 15) is 8.42 Å². The van der Waals surface area contributed by atoms with Crippen LogP contribution in [0.15, 0.2) is 53.4 Å². The number of benzene rings is 3. The van der Waals surface area contributed by atoms with E-state index in [-0.39, 0.29) is 15.6 Å². The first kappa shape index (κ1) is 22.6. The molecule has 4 rings (SSSR count). The molecule has 0 unspecified atom stereocenters. The molecule has 0 aliphatic carbocycles. The Balaban J connectivity index is 1.63. The highest BCUT2D eigenvalue weighted by atomic mass is 35.5. The summed E-state index contributed by atoms with van der Waals surface area (Å²) in [6.45, 7) is 1.70. The van der Waals surface area contributed by atoms with Crippen LogP contribution in [0.3, 0.4) is 0 Å². The van der Waals surface area contributed by atoms with Gasteiger partial charge in [0.2, 0.25) is 0 Å². The van der Waals surface area contributed by atoms with Crippen LogP contribution in [0, 0.1) is 6.92 Å². The first-order chi connectivity index (χ1) is 14.6. The minimum absolute atomic E-state index is 0.0211. The van der Waals surface area contributed by atoms with Crippen LogP contribution in [-0.2, 0) is 16.4 Å². The lowest BCUT2D eigenvalue weighted by molar-refractivity contribution is 0.601. The molecule has 0 aliphatic rings. The molecule has 0 atom stereocenters. The number of aryl methyl sites for hydroxylation is 1. The van der Waals surface area contributed by atoms with E-state index in [0.717, 1.165) is 15.2 Å². The van der Waals surface area contributed by atoms with Crippen LogP contribution < -0.4 is 4.72 Å². The highest BCUT2D eigenvalue weighted by molar-refractivity contribution is 7.92. The maximum atomic E-state index is 12.9. The maximum Gasteiger partial charge on any atom is 0.263 e. The van der Waals surface area contributed by atoms with Crippen LogP contribution in [0.2, 0.25) is 20.1 Å². The Bertz CT molecular complexity index is 1360. The number of nitrogens with zero attached hydrogens (tertiary/aromatic N) is 1. The third-order valence-electron chi connectivity index (χ3n) is 4.56. The van der Waals surface area contributed by atoms with Crippen molar-refractivity contribution >= 4 is 83.7 Å². The molecule has 3 aromatic carbocycles. The number of aromatic nitrogens is 1. The van der Waals surface area contributed by atoms with Gasteiger partial charge in [0.25, 0.3) is 10.0 Å². The van der Waals surface area contributed by atoms with E-state index >= 15 is 0 Å². The predicted molar refractivity (Wildman–Crippen MR) is 131 cm³/mol. The van der Waals surface area contributed by atoms with E-state index in [1.165, 1.54) is 24.3 Å². The molecule has 0 spiro atoms. The van der Waals surface area contributed by atoms with Gasteiger partial charge in [-0.1, -0.05) is 58.5 Å². The lowest BCUT2D eigenvalue weighted by Crippen LogP contribution is -2.14. The maximum absolute atomic E-state index is 12.9. The monoisotopic (exact) mass is 530 g/mol. The molecule has 1 heterocycles. The van der Waals surface area contributed by atoms with Gasteiger partial charge in [0.1, 0.15) is 4.90 Å². The van der Waals surface area contributed by atoms with Gasteiger partial charge < -0.3 is 0 Å². The standard InChI is InChI=1S/C21H14Cl4N2O2S2/c1-11-6-20(17(25)10-14(11)22)31(28,29)27-12-7-15(23)13(16(24)8-12)9-21-26-18-4-2-3-5-19(18)30-21/h2-8,10,27H,9H2,1H3. The van der Waals surface area contributed by atoms with Crippen molar-refractivity contribution in [3.05, 3.63) is 84.8 Å². The van der Waals surface area contributed by atoms with Gasteiger partial charge in [-0.05, 0) is 54.4 Å². The predicted octanol–water partition coefficient (Wildman–Crippen LogP) is 7.61. The van der Waals surface area contributed by atoms with Crippen LogP contribution >= 0.6 is 57.7 Å². The van der Waals surface area contributed by atoms with Gasteiger partial charge in [-0.25, -0.2) is 13.4 Å². The van der Waals surface area contributed by atoms with Gasteiger partial charge in [-0.15, -0.1) is 11.3 Å². The molecule has 31 heavy (non-hydrogen) atoms. The zero-order valence-electron chi connectivity index (χ0n) is 15.9. The largest absolute Gasteiger partial charge is 0.279 e. The number of fused-ring (bicyclic) bond motifs is 1. The van der Waals surface area contributed by atoms with E-state index in [2.05, 4.69) is 9.71 Å². The molecule has 160 valence electrons. The smallest absolute Gasteiger partial charge is 0.263 e. The number of thiazole rings is 1. The summed E-state index contributed by atoms with van der Waals surface area (Å²) in [6, 6.07) is 13.7. The van der Waals surface area contributed by atoms with Crippen molar-refractivity contribution in [3.63, 3.8) is 0 Å². The van der Waals surface area contributed by atoms with E-state index in [0.29, 0.717) is 32.6 Å². The molecule has 0 aliphatic heterocycles. The van der Waals surface area contributed by atoms with Crippen LogP contribution in [0.5, 0.6) is 0 Å². The highest BCUT2D eigenvalue weighted by Crippen LogP contribution is 2.35. The van der Waals surface area contributed by atoms with E-state index in [1.54, 1.807) is 18.3 Å². The number of anilines is 1. The molecular formula is C21H14Cl4N2O2S2. The Labute approximate surface area is 203 Å². The van der Waals surface area contributed by atoms with Gasteiger partial charge in [0.05, 0.1) is 25.9 Å². The Morgan fingerprint density at radius 1 is 0.935 bits per heavy atom. The van der Waals surface area contributed by atoms with Crippen LogP contribution in [0.25, 0.3) is 10.2 Å². The number of hydrogen-bond acceptors (Lipinski definition) is 4. The second kappa shape index (κ2) is 8.77. The summed E-state index contributed by atoms with van der Waals surface area (Å²) in [5.74, 6) is 0. The number of para-hydroxylation sites is 1. The third-order valence-corrected chi connectivity index (χ3v) is 8.53.